The number of hydrogen-bond acceptors (Lipinski definition) is 4. The van der Waals surface area contributed by atoms with Crippen LogP contribution in [0.4, 0.5) is 0 Å². The zero-order valence-corrected chi connectivity index (χ0v) is 14.0. The van der Waals surface area contributed by atoms with Gasteiger partial charge in [0, 0.05) is 30.7 Å². The molecule has 0 aliphatic heterocycles. The van der Waals surface area contributed by atoms with Crippen LogP contribution in [0.25, 0.3) is 5.82 Å². The molecule has 1 fully saturated rings. The fraction of sp³-hybridized carbons (Fsp3) is 0.500. The molecule has 1 saturated carbocycles. The van der Waals surface area contributed by atoms with E-state index < -0.39 is 0 Å². The molecule has 128 valence electrons. The minimum absolute atomic E-state index is 0.112. The van der Waals surface area contributed by atoms with Gasteiger partial charge in [-0.2, -0.15) is 0 Å². The summed E-state index contributed by atoms with van der Waals surface area (Å²) in [6.07, 6.45) is 12.0. The van der Waals surface area contributed by atoms with Crippen LogP contribution in [0.2, 0.25) is 0 Å². The fourth-order valence-electron chi connectivity index (χ4n) is 3.10. The molecule has 1 aliphatic carbocycles. The van der Waals surface area contributed by atoms with Gasteiger partial charge in [-0.15, -0.1) is 0 Å². The van der Waals surface area contributed by atoms with Crippen molar-refractivity contribution in [2.24, 2.45) is 5.92 Å². The maximum absolute atomic E-state index is 12.3. The Hall–Kier alpha value is -2.21. The quantitative estimate of drug-likeness (QED) is 0.828. The SMILES string of the molecule is C[C@H]1CCCC[C@H]1OCCNC(=O)c1ccnc(-n2ccnc2)c1. The van der Waals surface area contributed by atoms with Gasteiger partial charge in [0.2, 0.25) is 0 Å². The lowest BCUT2D eigenvalue weighted by molar-refractivity contribution is -0.00293. The Morgan fingerprint density at radius 1 is 1.38 bits per heavy atom. The van der Waals surface area contributed by atoms with Gasteiger partial charge in [0.05, 0.1) is 12.7 Å². The van der Waals surface area contributed by atoms with E-state index in [1.54, 1.807) is 41.6 Å². The molecule has 0 unspecified atom stereocenters. The van der Waals surface area contributed by atoms with Gasteiger partial charge in [-0.05, 0) is 30.9 Å². The van der Waals surface area contributed by atoms with Crippen molar-refractivity contribution in [3.8, 4) is 5.82 Å². The van der Waals surface area contributed by atoms with Gasteiger partial charge < -0.3 is 10.1 Å². The Balaban J connectivity index is 1.48. The maximum Gasteiger partial charge on any atom is 0.251 e. The molecular formula is C18H24N4O2. The molecule has 0 saturated heterocycles. The molecule has 2 heterocycles. The molecule has 1 aliphatic rings. The molecule has 2 aromatic heterocycles. The minimum Gasteiger partial charge on any atom is -0.376 e. The number of hydrogen-bond donors (Lipinski definition) is 1. The number of pyridine rings is 1. The lowest BCUT2D eigenvalue weighted by Gasteiger charge is -2.28. The number of carbonyl (C=O) groups is 1. The summed E-state index contributed by atoms with van der Waals surface area (Å²) in [7, 11) is 0. The number of ether oxygens (including phenoxy) is 1. The van der Waals surface area contributed by atoms with E-state index in [0.29, 0.717) is 36.6 Å². The van der Waals surface area contributed by atoms with Crippen molar-refractivity contribution >= 4 is 5.91 Å². The van der Waals surface area contributed by atoms with Crippen molar-refractivity contribution in [2.45, 2.75) is 38.7 Å². The summed E-state index contributed by atoms with van der Waals surface area (Å²) in [4.78, 5) is 20.5. The molecule has 0 radical (unpaired) electrons. The van der Waals surface area contributed by atoms with Crippen LogP contribution < -0.4 is 5.32 Å². The average Bonchev–Trinajstić information content (AvgIpc) is 3.15. The summed E-state index contributed by atoms with van der Waals surface area (Å²) in [6, 6.07) is 3.46. The molecule has 6 nitrogen and oxygen atoms in total. The van der Waals surface area contributed by atoms with Gasteiger partial charge in [0.1, 0.15) is 12.1 Å². The maximum atomic E-state index is 12.3. The van der Waals surface area contributed by atoms with Crippen molar-refractivity contribution in [1.29, 1.82) is 0 Å². The van der Waals surface area contributed by atoms with Crippen LogP contribution in [0.3, 0.4) is 0 Å². The molecule has 2 aromatic rings. The highest BCUT2D eigenvalue weighted by atomic mass is 16.5. The van der Waals surface area contributed by atoms with E-state index in [0.717, 1.165) is 6.42 Å². The van der Waals surface area contributed by atoms with E-state index in [1.807, 2.05) is 0 Å². The molecule has 3 rings (SSSR count). The van der Waals surface area contributed by atoms with Crippen LogP contribution in [0.5, 0.6) is 0 Å². The molecule has 0 spiro atoms. The molecule has 1 amide bonds. The lowest BCUT2D eigenvalue weighted by Crippen LogP contribution is -2.31. The summed E-state index contributed by atoms with van der Waals surface area (Å²) in [5, 5.41) is 2.91. The second-order valence-corrected chi connectivity index (χ2v) is 6.30. The first-order valence-electron chi connectivity index (χ1n) is 8.58. The van der Waals surface area contributed by atoms with Crippen molar-refractivity contribution in [3.63, 3.8) is 0 Å². The minimum atomic E-state index is -0.112. The predicted molar refractivity (Wildman–Crippen MR) is 91.1 cm³/mol. The third kappa shape index (κ3) is 4.20. The van der Waals surface area contributed by atoms with Crippen LogP contribution in [0, 0.1) is 5.92 Å². The number of carbonyl (C=O) groups excluding carboxylic acids is 1. The normalized spacial score (nSPS) is 20.7. The van der Waals surface area contributed by atoms with Crippen molar-refractivity contribution < 1.29 is 9.53 Å². The van der Waals surface area contributed by atoms with Gasteiger partial charge in [0.25, 0.3) is 5.91 Å². The summed E-state index contributed by atoms with van der Waals surface area (Å²) in [6.45, 7) is 3.32. The number of aromatic nitrogens is 3. The number of nitrogens with zero attached hydrogens (tertiary/aromatic N) is 3. The second kappa shape index (κ2) is 8.06. The topological polar surface area (TPSA) is 69.0 Å². The van der Waals surface area contributed by atoms with E-state index in [4.69, 9.17) is 4.74 Å². The Labute approximate surface area is 142 Å². The summed E-state index contributed by atoms with van der Waals surface area (Å²) in [5.74, 6) is 1.18. The Bertz CT molecular complexity index is 657. The van der Waals surface area contributed by atoms with E-state index in [2.05, 4.69) is 22.2 Å². The van der Waals surface area contributed by atoms with Gasteiger partial charge in [-0.1, -0.05) is 19.8 Å². The standard InChI is InChI=1S/C18H24N4O2/c1-14-4-2-3-5-16(14)24-11-9-21-18(23)15-6-7-20-17(12-15)22-10-8-19-13-22/h6-8,10,12-14,16H,2-5,9,11H2,1H3,(H,21,23)/t14-,16+/m0/s1. The van der Waals surface area contributed by atoms with Crippen LogP contribution in [0.1, 0.15) is 43.0 Å². The number of amides is 1. The Morgan fingerprint density at radius 3 is 3.04 bits per heavy atom. The molecule has 0 bridgehead atoms. The first-order chi connectivity index (χ1) is 11.7. The molecule has 1 N–H and O–H groups in total. The van der Waals surface area contributed by atoms with E-state index in [-0.39, 0.29) is 5.91 Å². The van der Waals surface area contributed by atoms with E-state index >= 15 is 0 Å². The van der Waals surface area contributed by atoms with Crippen LogP contribution in [-0.2, 0) is 4.74 Å². The molecule has 24 heavy (non-hydrogen) atoms. The molecule has 0 aromatic carbocycles. The van der Waals surface area contributed by atoms with Crippen LogP contribution in [0.15, 0.2) is 37.1 Å². The lowest BCUT2D eigenvalue weighted by atomic mass is 9.88. The molecule has 2 atom stereocenters. The van der Waals surface area contributed by atoms with Crippen molar-refractivity contribution in [2.75, 3.05) is 13.2 Å². The highest BCUT2D eigenvalue weighted by Gasteiger charge is 2.21. The molecule has 6 heteroatoms. The monoisotopic (exact) mass is 328 g/mol. The number of imidazole rings is 1. The fourth-order valence-corrected chi connectivity index (χ4v) is 3.10. The summed E-state index contributed by atoms with van der Waals surface area (Å²) >= 11 is 0. The smallest absolute Gasteiger partial charge is 0.251 e. The van der Waals surface area contributed by atoms with Crippen molar-refractivity contribution in [1.82, 2.24) is 19.9 Å². The first kappa shape index (κ1) is 16.6. The van der Waals surface area contributed by atoms with Gasteiger partial charge in [0.15, 0.2) is 0 Å². The zero-order valence-electron chi connectivity index (χ0n) is 14.0. The zero-order chi connectivity index (χ0) is 16.8. The molecular weight excluding hydrogens is 304 g/mol. The Kier molecular flexibility index (Phi) is 5.59. The third-order valence-corrected chi connectivity index (χ3v) is 4.53. The van der Waals surface area contributed by atoms with Crippen LogP contribution >= 0.6 is 0 Å². The van der Waals surface area contributed by atoms with Crippen molar-refractivity contribution in [3.05, 3.63) is 42.6 Å². The number of rotatable bonds is 6. The highest BCUT2D eigenvalue weighted by molar-refractivity contribution is 5.94. The van der Waals surface area contributed by atoms with Gasteiger partial charge >= 0.3 is 0 Å². The average molecular weight is 328 g/mol. The summed E-state index contributed by atoms with van der Waals surface area (Å²) < 4.78 is 7.69. The highest BCUT2D eigenvalue weighted by Crippen LogP contribution is 2.25. The number of nitrogens with one attached hydrogen (secondary N) is 1. The van der Waals surface area contributed by atoms with E-state index in [9.17, 15) is 4.79 Å². The van der Waals surface area contributed by atoms with Gasteiger partial charge in [-0.25, -0.2) is 9.97 Å². The second-order valence-electron chi connectivity index (χ2n) is 6.30. The largest absolute Gasteiger partial charge is 0.376 e. The first-order valence-corrected chi connectivity index (χ1v) is 8.58. The Morgan fingerprint density at radius 2 is 2.25 bits per heavy atom. The van der Waals surface area contributed by atoms with Gasteiger partial charge in [-0.3, -0.25) is 9.36 Å². The predicted octanol–water partition coefficient (Wildman–Crippen LogP) is 2.59. The third-order valence-electron chi connectivity index (χ3n) is 4.53. The summed E-state index contributed by atoms with van der Waals surface area (Å²) in [5.41, 5.74) is 0.583. The van der Waals surface area contributed by atoms with E-state index in [1.165, 1.54) is 19.3 Å². The van der Waals surface area contributed by atoms with Crippen LogP contribution in [-0.4, -0.2) is 39.7 Å².